The first-order valence-electron chi connectivity index (χ1n) is 15.4. The summed E-state index contributed by atoms with van der Waals surface area (Å²) in [4.78, 5) is 34.8. The number of carbonyl (C=O) groups is 2. The van der Waals surface area contributed by atoms with Crippen LogP contribution in [0.2, 0.25) is 0 Å². The van der Waals surface area contributed by atoms with Crippen LogP contribution in [0.25, 0.3) is 16.8 Å². The van der Waals surface area contributed by atoms with Gasteiger partial charge in [-0.3, -0.25) is 4.90 Å². The second-order valence-corrected chi connectivity index (χ2v) is 12.4. The molecule has 4 heterocycles. The largest absolute Gasteiger partial charge is 0.493 e. The van der Waals surface area contributed by atoms with Crippen molar-refractivity contribution in [2.24, 2.45) is 0 Å². The number of anilines is 1. The molecule has 2 aliphatic rings. The Balaban J connectivity index is 1.47. The van der Waals surface area contributed by atoms with E-state index in [4.69, 9.17) is 9.47 Å². The normalized spacial score (nSPS) is 18.7. The Labute approximate surface area is 299 Å². The Morgan fingerprint density at radius 3 is 2.09 bits per heavy atom. The molecule has 2 fully saturated rings. The minimum atomic E-state index is -5.33. The summed E-state index contributed by atoms with van der Waals surface area (Å²) in [5.74, 6) is -7.53. The first-order chi connectivity index (χ1) is 25.4. The van der Waals surface area contributed by atoms with Gasteiger partial charge in [0, 0.05) is 23.4 Å². The van der Waals surface area contributed by atoms with Crippen LogP contribution in [0.4, 0.5) is 63.4 Å². The molecule has 1 amide bonds. The number of halogens is 12. The number of carbonyl (C=O) groups excluding carboxylic acids is 1. The SMILES string of the molecule is COc1c(F)cc(-n2ncc(C(=O)O)c2C(F)(F)F)cc1-c1cnc(N2CC(F)(F)C2)nc1CN1C(=O)O[C@H](c2cc(C(F)(F)F)cc(C(F)(F)F)c2)[C@@H]1C. The molecule has 2 saturated heterocycles. The zero-order chi connectivity index (χ0) is 40.6. The smallest absolute Gasteiger partial charge is 0.434 e. The van der Waals surface area contributed by atoms with Crippen molar-refractivity contribution in [3.63, 3.8) is 0 Å². The minimum Gasteiger partial charge on any atom is -0.493 e. The molecule has 0 aliphatic carbocycles. The number of methoxy groups -OCH3 is 1. The Kier molecular flexibility index (Phi) is 9.36. The summed E-state index contributed by atoms with van der Waals surface area (Å²) in [6.45, 7) is -1.29. The maximum Gasteiger partial charge on any atom is 0.434 e. The van der Waals surface area contributed by atoms with E-state index in [0.717, 1.165) is 29.2 Å². The molecule has 0 saturated carbocycles. The summed E-state index contributed by atoms with van der Waals surface area (Å²) in [5.41, 5.74) is -8.95. The average Bonchev–Trinajstić information content (AvgIpc) is 3.64. The van der Waals surface area contributed by atoms with Crippen LogP contribution >= 0.6 is 0 Å². The Morgan fingerprint density at radius 1 is 0.945 bits per heavy atom. The van der Waals surface area contributed by atoms with Crippen LogP contribution < -0.4 is 9.64 Å². The molecule has 11 nitrogen and oxygen atoms in total. The molecule has 0 spiro atoms. The van der Waals surface area contributed by atoms with E-state index in [2.05, 4.69) is 15.1 Å². The summed E-state index contributed by atoms with van der Waals surface area (Å²) in [5, 5.41) is 12.8. The second-order valence-electron chi connectivity index (χ2n) is 12.4. The van der Waals surface area contributed by atoms with E-state index >= 15 is 4.39 Å². The maximum absolute atomic E-state index is 15.6. The molecule has 1 N–H and O–H groups in total. The number of aromatic nitrogens is 4. The number of amides is 1. The van der Waals surface area contributed by atoms with E-state index in [1.54, 1.807) is 0 Å². The molecule has 23 heteroatoms. The molecule has 2 aliphatic heterocycles. The molecule has 0 unspecified atom stereocenters. The van der Waals surface area contributed by atoms with E-state index in [0.29, 0.717) is 24.4 Å². The van der Waals surface area contributed by atoms with Gasteiger partial charge in [-0.2, -0.15) is 44.6 Å². The maximum atomic E-state index is 15.6. The monoisotopic (exact) mass is 798 g/mol. The van der Waals surface area contributed by atoms with Gasteiger partial charge in [0.2, 0.25) is 5.95 Å². The first-order valence-corrected chi connectivity index (χ1v) is 15.4. The minimum absolute atomic E-state index is 0.0846. The summed E-state index contributed by atoms with van der Waals surface area (Å²) in [7, 11) is 0.963. The van der Waals surface area contributed by atoms with Gasteiger partial charge in [0.15, 0.2) is 17.3 Å². The van der Waals surface area contributed by atoms with Gasteiger partial charge in [-0.25, -0.2) is 37.4 Å². The third-order valence-corrected chi connectivity index (χ3v) is 8.67. The molecular formula is C32H22F12N6O5. The van der Waals surface area contributed by atoms with E-state index in [-0.39, 0.29) is 28.0 Å². The number of cyclic esters (lactones) is 1. The van der Waals surface area contributed by atoms with Crippen molar-refractivity contribution in [3.05, 3.63) is 82.2 Å². The van der Waals surface area contributed by atoms with E-state index in [1.807, 2.05) is 0 Å². The summed E-state index contributed by atoms with van der Waals surface area (Å²) in [6, 6.07) is 0.651. The fraction of sp³-hybridized carbons (Fsp3) is 0.344. The average molecular weight is 799 g/mol. The first kappa shape index (κ1) is 38.9. The number of ether oxygens (including phenoxy) is 2. The standard InChI is InChI=1S/C32H22F12N6O5/c1-13-23(14-3-15(30(36,37)38)5-16(4-14)31(39,40)41)55-28(53)49(13)10-22-19(8-45-27(47-22)48-11-29(34,35)12-48)18-6-17(7-21(33)24(18)54-2)50-25(32(42,43)44)20(9-46-50)26(51)52/h3-9,13,23H,10-12H2,1-2H3,(H,51,52)/t13-,23-/m0/s1. The predicted molar refractivity (Wildman–Crippen MR) is 161 cm³/mol. The molecule has 2 aromatic carbocycles. The number of benzene rings is 2. The van der Waals surface area contributed by atoms with Gasteiger partial charge < -0.3 is 19.5 Å². The van der Waals surface area contributed by atoms with Crippen LogP contribution in [0.15, 0.2) is 42.7 Å². The Morgan fingerprint density at radius 2 is 1.56 bits per heavy atom. The Bertz CT molecular complexity index is 2150. The third-order valence-electron chi connectivity index (χ3n) is 8.67. The highest BCUT2D eigenvalue weighted by Gasteiger charge is 2.47. The zero-order valence-corrected chi connectivity index (χ0v) is 27.6. The van der Waals surface area contributed by atoms with E-state index in [1.165, 1.54) is 6.92 Å². The number of aromatic carboxylic acids is 1. The lowest BCUT2D eigenvalue weighted by Gasteiger charge is -2.38. The number of carboxylic acid groups (broad SMARTS) is 1. The van der Waals surface area contributed by atoms with Gasteiger partial charge in [0.25, 0.3) is 5.92 Å². The summed E-state index contributed by atoms with van der Waals surface area (Å²) >= 11 is 0. The van der Waals surface area contributed by atoms with Gasteiger partial charge in [0.05, 0.1) is 61.5 Å². The lowest BCUT2D eigenvalue weighted by Crippen LogP contribution is -2.57. The van der Waals surface area contributed by atoms with Crippen LogP contribution in [0.1, 0.15) is 51.5 Å². The highest BCUT2D eigenvalue weighted by molar-refractivity contribution is 5.89. The summed E-state index contributed by atoms with van der Waals surface area (Å²) < 4.78 is 178. The molecular weight excluding hydrogens is 776 g/mol. The predicted octanol–water partition coefficient (Wildman–Crippen LogP) is 7.77. The molecule has 0 bridgehead atoms. The number of hydrogen-bond donors (Lipinski definition) is 1. The Hall–Kier alpha value is -5.77. The van der Waals surface area contributed by atoms with Crippen molar-refractivity contribution in [2.75, 3.05) is 25.1 Å². The van der Waals surface area contributed by atoms with E-state index in [9.17, 15) is 63.0 Å². The van der Waals surface area contributed by atoms with Gasteiger partial charge in [-0.05, 0) is 36.8 Å². The number of carboxylic acids is 1. The quantitative estimate of drug-likeness (QED) is 0.178. The molecule has 2 atom stereocenters. The van der Waals surface area contributed by atoms with Gasteiger partial charge >= 0.3 is 30.6 Å². The molecule has 4 aromatic rings. The second kappa shape index (κ2) is 13.2. The molecule has 0 radical (unpaired) electrons. The highest BCUT2D eigenvalue weighted by atomic mass is 19.4. The van der Waals surface area contributed by atoms with Crippen LogP contribution in [-0.2, 0) is 29.8 Å². The van der Waals surface area contributed by atoms with Crippen LogP contribution in [0, 0.1) is 5.82 Å². The van der Waals surface area contributed by atoms with Crippen molar-refractivity contribution in [1.82, 2.24) is 24.6 Å². The molecule has 6 rings (SSSR count). The van der Waals surface area contributed by atoms with Crippen molar-refractivity contribution in [2.45, 2.75) is 50.1 Å². The van der Waals surface area contributed by atoms with Crippen molar-refractivity contribution in [3.8, 4) is 22.6 Å². The van der Waals surface area contributed by atoms with Crippen molar-refractivity contribution >= 4 is 18.0 Å². The number of alkyl halides is 11. The highest BCUT2D eigenvalue weighted by Crippen LogP contribution is 2.43. The zero-order valence-electron chi connectivity index (χ0n) is 27.6. The van der Waals surface area contributed by atoms with Crippen LogP contribution in [0.3, 0.4) is 0 Å². The lowest BCUT2D eigenvalue weighted by molar-refractivity contribution is -0.144. The van der Waals surface area contributed by atoms with Crippen LogP contribution in [-0.4, -0.2) is 74.0 Å². The third kappa shape index (κ3) is 7.37. The fourth-order valence-corrected chi connectivity index (χ4v) is 6.10. The fourth-order valence-electron chi connectivity index (χ4n) is 6.10. The summed E-state index contributed by atoms with van der Waals surface area (Å²) in [6.07, 6.45) is -17.5. The molecule has 2 aromatic heterocycles. The van der Waals surface area contributed by atoms with Crippen molar-refractivity contribution < 1.29 is 76.9 Å². The number of hydrogen-bond acceptors (Lipinski definition) is 8. The van der Waals surface area contributed by atoms with Gasteiger partial charge in [0.1, 0.15) is 11.7 Å². The molecule has 55 heavy (non-hydrogen) atoms. The number of nitrogens with zero attached hydrogens (tertiary/aromatic N) is 6. The molecule has 294 valence electrons. The van der Waals surface area contributed by atoms with E-state index < -0.39 is 119 Å². The van der Waals surface area contributed by atoms with Gasteiger partial charge in [-0.15, -0.1) is 0 Å². The number of rotatable bonds is 8. The lowest BCUT2D eigenvalue weighted by atomic mass is 9.97. The topological polar surface area (TPSA) is 123 Å². The van der Waals surface area contributed by atoms with Crippen LogP contribution in [0.5, 0.6) is 5.75 Å². The van der Waals surface area contributed by atoms with Gasteiger partial charge in [-0.1, -0.05) is 0 Å². The van der Waals surface area contributed by atoms with Crippen molar-refractivity contribution in [1.29, 1.82) is 0 Å².